The first-order chi connectivity index (χ1) is 5.73. The Kier molecular flexibility index (Phi) is 2.93. The fourth-order valence-corrected chi connectivity index (χ4v) is 1.40. The van der Waals surface area contributed by atoms with Crippen LogP contribution in [0.4, 0.5) is 0 Å². The first-order valence-electron chi connectivity index (χ1n) is 4.41. The van der Waals surface area contributed by atoms with Crippen molar-refractivity contribution < 1.29 is 4.42 Å². The molecule has 0 aliphatic rings. The van der Waals surface area contributed by atoms with E-state index in [2.05, 4.69) is 19.2 Å². The van der Waals surface area contributed by atoms with E-state index in [1.807, 2.05) is 19.2 Å². The van der Waals surface area contributed by atoms with Crippen molar-refractivity contribution in [2.45, 2.75) is 25.7 Å². The molecule has 0 saturated carbocycles. The van der Waals surface area contributed by atoms with E-state index in [9.17, 15) is 0 Å². The van der Waals surface area contributed by atoms with Gasteiger partial charge in [-0.1, -0.05) is 13.8 Å². The standard InChI is InChI=1S/C10H17NO/c1-4-10(2,8-11-3)9-6-5-7-12-9/h5-7,11H,4,8H2,1-3H3. The zero-order valence-corrected chi connectivity index (χ0v) is 8.05. The molecule has 0 amide bonds. The molecular formula is C10H17NO. The van der Waals surface area contributed by atoms with E-state index in [1.54, 1.807) is 6.26 Å². The zero-order valence-electron chi connectivity index (χ0n) is 8.05. The van der Waals surface area contributed by atoms with Crippen LogP contribution in [0.15, 0.2) is 22.8 Å². The number of likely N-dealkylation sites (N-methyl/N-ethyl adjacent to an activating group) is 1. The maximum atomic E-state index is 5.40. The molecule has 68 valence electrons. The third-order valence-electron chi connectivity index (χ3n) is 2.46. The minimum Gasteiger partial charge on any atom is -0.469 e. The summed E-state index contributed by atoms with van der Waals surface area (Å²) in [5.41, 5.74) is 0.137. The molecule has 0 aliphatic heterocycles. The predicted octanol–water partition coefficient (Wildman–Crippen LogP) is 2.17. The molecule has 0 saturated heterocycles. The highest BCUT2D eigenvalue weighted by Gasteiger charge is 2.26. The largest absolute Gasteiger partial charge is 0.469 e. The lowest BCUT2D eigenvalue weighted by Gasteiger charge is -2.25. The van der Waals surface area contributed by atoms with Crippen LogP contribution in [0.2, 0.25) is 0 Å². The fourth-order valence-electron chi connectivity index (χ4n) is 1.40. The highest BCUT2D eigenvalue weighted by molar-refractivity contribution is 5.12. The minimum absolute atomic E-state index is 0.137. The SMILES string of the molecule is CCC(C)(CNC)c1ccco1. The Labute approximate surface area is 74.0 Å². The highest BCUT2D eigenvalue weighted by atomic mass is 16.3. The van der Waals surface area contributed by atoms with E-state index in [4.69, 9.17) is 4.42 Å². The van der Waals surface area contributed by atoms with Crippen LogP contribution in [0.5, 0.6) is 0 Å². The summed E-state index contributed by atoms with van der Waals surface area (Å²) in [6, 6.07) is 3.99. The van der Waals surface area contributed by atoms with Crippen LogP contribution >= 0.6 is 0 Å². The Morgan fingerprint density at radius 3 is 2.75 bits per heavy atom. The van der Waals surface area contributed by atoms with Crippen molar-refractivity contribution in [3.63, 3.8) is 0 Å². The van der Waals surface area contributed by atoms with E-state index in [0.717, 1.165) is 18.7 Å². The average Bonchev–Trinajstić information content (AvgIpc) is 2.57. The molecule has 1 heterocycles. The van der Waals surface area contributed by atoms with Crippen molar-refractivity contribution in [3.8, 4) is 0 Å². The summed E-state index contributed by atoms with van der Waals surface area (Å²) in [5.74, 6) is 1.07. The van der Waals surface area contributed by atoms with E-state index in [-0.39, 0.29) is 5.41 Å². The second kappa shape index (κ2) is 3.76. The summed E-state index contributed by atoms with van der Waals surface area (Å²) >= 11 is 0. The number of nitrogens with one attached hydrogen (secondary N) is 1. The maximum absolute atomic E-state index is 5.40. The second-order valence-corrected chi connectivity index (χ2v) is 3.42. The number of hydrogen-bond donors (Lipinski definition) is 1. The van der Waals surface area contributed by atoms with Crippen LogP contribution in [0.3, 0.4) is 0 Å². The summed E-state index contributed by atoms with van der Waals surface area (Å²) in [5, 5.41) is 3.19. The quantitative estimate of drug-likeness (QED) is 0.743. The maximum Gasteiger partial charge on any atom is 0.110 e. The van der Waals surface area contributed by atoms with Gasteiger partial charge in [0, 0.05) is 12.0 Å². The molecular weight excluding hydrogens is 150 g/mol. The lowest BCUT2D eigenvalue weighted by Crippen LogP contribution is -2.32. The summed E-state index contributed by atoms with van der Waals surface area (Å²) in [4.78, 5) is 0. The Balaban J connectivity index is 2.80. The lowest BCUT2D eigenvalue weighted by atomic mass is 9.85. The van der Waals surface area contributed by atoms with Gasteiger partial charge in [-0.15, -0.1) is 0 Å². The van der Waals surface area contributed by atoms with Gasteiger partial charge in [0.15, 0.2) is 0 Å². The zero-order chi connectivity index (χ0) is 9.03. The third-order valence-corrected chi connectivity index (χ3v) is 2.46. The smallest absolute Gasteiger partial charge is 0.110 e. The van der Waals surface area contributed by atoms with Crippen molar-refractivity contribution in [3.05, 3.63) is 24.2 Å². The van der Waals surface area contributed by atoms with Crippen LogP contribution < -0.4 is 5.32 Å². The molecule has 1 N–H and O–H groups in total. The van der Waals surface area contributed by atoms with Crippen molar-refractivity contribution >= 4 is 0 Å². The van der Waals surface area contributed by atoms with Crippen LogP contribution in [0, 0.1) is 0 Å². The van der Waals surface area contributed by atoms with Crippen molar-refractivity contribution in [2.24, 2.45) is 0 Å². The molecule has 1 aromatic heterocycles. The molecule has 2 nitrogen and oxygen atoms in total. The van der Waals surface area contributed by atoms with Gasteiger partial charge in [0.1, 0.15) is 5.76 Å². The molecule has 0 radical (unpaired) electrons. The van der Waals surface area contributed by atoms with Crippen LogP contribution in [-0.4, -0.2) is 13.6 Å². The molecule has 0 bridgehead atoms. The predicted molar refractivity (Wildman–Crippen MR) is 50.3 cm³/mol. The number of furan rings is 1. The van der Waals surface area contributed by atoms with Gasteiger partial charge in [0.05, 0.1) is 6.26 Å². The van der Waals surface area contributed by atoms with E-state index in [1.165, 1.54) is 0 Å². The van der Waals surface area contributed by atoms with Crippen molar-refractivity contribution in [1.82, 2.24) is 5.32 Å². The van der Waals surface area contributed by atoms with Gasteiger partial charge in [-0.3, -0.25) is 0 Å². The Morgan fingerprint density at radius 2 is 2.33 bits per heavy atom. The topological polar surface area (TPSA) is 25.2 Å². The molecule has 1 rings (SSSR count). The van der Waals surface area contributed by atoms with E-state index in [0.29, 0.717) is 0 Å². The minimum atomic E-state index is 0.137. The fraction of sp³-hybridized carbons (Fsp3) is 0.600. The Morgan fingerprint density at radius 1 is 1.58 bits per heavy atom. The molecule has 0 aromatic carbocycles. The summed E-state index contributed by atoms with van der Waals surface area (Å²) in [7, 11) is 1.97. The van der Waals surface area contributed by atoms with E-state index < -0.39 is 0 Å². The molecule has 0 aliphatic carbocycles. The normalized spacial score (nSPS) is 15.9. The van der Waals surface area contributed by atoms with Gasteiger partial charge in [0.25, 0.3) is 0 Å². The molecule has 0 fully saturated rings. The molecule has 12 heavy (non-hydrogen) atoms. The second-order valence-electron chi connectivity index (χ2n) is 3.42. The van der Waals surface area contributed by atoms with Gasteiger partial charge in [-0.25, -0.2) is 0 Å². The van der Waals surface area contributed by atoms with E-state index >= 15 is 0 Å². The summed E-state index contributed by atoms with van der Waals surface area (Å²) in [6.07, 6.45) is 2.82. The molecule has 1 aromatic rings. The van der Waals surface area contributed by atoms with Gasteiger partial charge in [0.2, 0.25) is 0 Å². The number of rotatable bonds is 4. The third kappa shape index (κ3) is 1.69. The Bertz CT molecular complexity index is 218. The van der Waals surface area contributed by atoms with Crippen LogP contribution in [0.25, 0.3) is 0 Å². The molecule has 2 heteroatoms. The van der Waals surface area contributed by atoms with Gasteiger partial charge < -0.3 is 9.73 Å². The molecule has 1 unspecified atom stereocenters. The summed E-state index contributed by atoms with van der Waals surface area (Å²) < 4.78 is 5.40. The first-order valence-corrected chi connectivity index (χ1v) is 4.41. The monoisotopic (exact) mass is 167 g/mol. The highest BCUT2D eigenvalue weighted by Crippen LogP contribution is 2.26. The average molecular weight is 167 g/mol. The number of hydrogen-bond acceptors (Lipinski definition) is 2. The van der Waals surface area contributed by atoms with Crippen LogP contribution in [0.1, 0.15) is 26.0 Å². The lowest BCUT2D eigenvalue weighted by molar-refractivity contribution is 0.340. The first kappa shape index (κ1) is 9.33. The van der Waals surface area contributed by atoms with Crippen LogP contribution in [-0.2, 0) is 5.41 Å². The van der Waals surface area contributed by atoms with Gasteiger partial charge >= 0.3 is 0 Å². The van der Waals surface area contributed by atoms with Crippen molar-refractivity contribution in [2.75, 3.05) is 13.6 Å². The van der Waals surface area contributed by atoms with Crippen molar-refractivity contribution in [1.29, 1.82) is 0 Å². The summed E-state index contributed by atoms with van der Waals surface area (Å²) in [6.45, 7) is 5.35. The molecule has 1 atom stereocenters. The van der Waals surface area contributed by atoms with Gasteiger partial charge in [-0.2, -0.15) is 0 Å². The Hall–Kier alpha value is -0.760. The van der Waals surface area contributed by atoms with Gasteiger partial charge in [-0.05, 0) is 25.6 Å². The molecule has 0 spiro atoms.